The summed E-state index contributed by atoms with van der Waals surface area (Å²) in [7, 11) is 5.68. The first kappa shape index (κ1) is 9.40. The molecule has 0 amide bonds. The third-order valence-corrected chi connectivity index (χ3v) is 2.13. The van der Waals surface area contributed by atoms with Gasteiger partial charge in [-0.25, -0.2) is 0 Å². The van der Waals surface area contributed by atoms with E-state index in [1.807, 2.05) is 19.9 Å². The molecule has 12 heavy (non-hydrogen) atoms. The smallest absolute Gasteiger partial charge is 0.0955 e. The number of allylic oxidation sites excluding steroid dienone is 1. The molecule has 0 saturated heterocycles. The maximum atomic E-state index is 5.96. The minimum atomic E-state index is 0.672. The number of hydrogen-bond acceptors (Lipinski definition) is 0. The summed E-state index contributed by atoms with van der Waals surface area (Å²) in [6, 6.07) is 3.72. The Morgan fingerprint density at radius 3 is 2.58 bits per heavy atom. The van der Waals surface area contributed by atoms with Gasteiger partial charge in [0.15, 0.2) is 0 Å². The Labute approximate surface area is 79.7 Å². The lowest BCUT2D eigenvalue weighted by atomic mass is 9.89. The fourth-order valence-corrected chi connectivity index (χ4v) is 1.36. The Morgan fingerprint density at radius 1 is 1.50 bits per heavy atom. The van der Waals surface area contributed by atoms with Crippen LogP contribution in [0.4, 0.5) is 0 Å². The highest BCUT2D eigenvalue weighted by molar-refractivity contribution is 6.37. The van der Waals surface area contributed by atoms with Crippen molar-refractivity contribution >= 4 is 30.5 Å². The summed E-state index contributed by atoms with van der Waals surface area (Å²) in [6.07, 6.45) is 0. The Kier molecular flexibility index (Phi) is 2.63. The Bertz CT molecular complexity index is 329. The number of hydrogen-bond donors (Lipinski definition) is 0. The lowest BCUT2D eigenvalue weighted by molar-refractivity contribution is 1.47. The maximum Gasteiger partial charge on any atom is 0.114 e. The third kappa shape index (κ3) is 1.73. The molecule has 0 bridgehead atoms. The molecule has 0 aliphatic heterocycles. The van der Waals surface area contributed by atoms with Crippen LogP contribution in [0.25, 0.3) is 5.57 Å². The van der Waals surface area contributed by atoms with E-state index in [1.54, 1.807) is 6.07 Å². The van der Waals surface area contributed by atoms with Crippen LogP contribution in [-0.4, -0.2) is 7.85 Å². The zero-order valence-corrected chi connectivity index (χ0v) is 8.07. The quantitative estimate of drug-likeness (QED) is 0.577. The number of halogens is 1. The van der Waals surface area contributed by atoms with Gasteiger partial charge in [0.2, 0.25) is 0 Å². The van der Waals surface area contributed by atoms with Gasteiger partial charge in [0, 0.05) is 5.02 Å². The molecule has 1 aromatic carbocycles. The molecule has 0 nitrogen and oxygen atoms in total. The van der Waals surface area contributed by atoms with E-state index in [9.17, 15) is 0 Å². The van der Waals surface area contributed by atoms with E-state index in [-0.39, 0.29) is 0 Å². The SMILES string of the molecule is [B]c1cc(Cl)c(C(=C)C)cc1C. The van der Waals surface area contributed by atoms with Crippen molar-refractivity contribution in [1.82, 2.24) is 0 Å². The average molecular weight is 176 g/mol. The highest BCUT2D eigenvalue weighted by Gasteiger charge is 2.02. The van der Waals surface area contributed by atoms with Crippen molar-refractivity contribution in [1.29, 1.82) is 0 Å². The molecule has 0 unspecified atom stereocenters. The molecular formula is C10H10BCl. The molecule has 0 aliphatic rings. The molecule has 0 N–H and O–H groups in total. The van der Waals surface area contributed by atoms with Crippen LogP contribution >= 0.6 is 11.6 Å². The van der Waals surface area contributed by atoms with Gasteiger partial charge >= 0.3 is 0 Å². The molecule has 0 spiro atoms. The van der Waals surface area contributed by atoms with Crippen molar-refractivity contribution in [3.8, 4) is 0 Å². The van der Waals surface area contributed by atoms with Crippen molar-refractivity contribution < 1.29 is 0 Å². The summed E-state index contributed by atoms with van der Waals surface area (Å²) in [6.45, 7) is 7.72. The fourth-order valence-electron chi connectivity index (χ4n) is 1.02. The van der Waals surface area contributed by atoms with Crippen molar-refractivity contribution in [2.45, 2.75) is 13.8 Å². The first-order chi connectivity index (χ1) is 5.52. The molecule has 2 heteroatoms. The van der Waals surface area contributed by atoms with Gasteiger partial charge in [-0.05, 0) is 31.1 Å². The molecule has 0 heterocycles. The minimum absolute atomic E-state index is 0.672. The fraction of sp³-hybridized carbons (Fsp3) is 0.200. The largest absolute Gasteiger partial charge is 0.114 e. The lowest BCUT2D eigenvalue weighted by Crippen LogP contribution is -2.07. The van der Waals surface area contributed by atoms with E-state index in [0.29, 0.717) is 5.02 Å². The number of rotatable bonds is 1. The molecule has 1 rings (SSSR count). The average Bonchev–Trinajstić information content (AvgIpc) is 1.96. The van der Waals surface area contributed by atoms with Crippen LogP contribution in [0, 0.1) is 6.92 Å². The van der Waals surface area contributed by atoms with Crippen molar-refractivity contribution in [2.75, 3.05) is 0 Å². The number of benzene rings is 1. The van der Waals surface area contributed by atoms with E-state index in [1.165, 1.54) is 0 Å². The Balaban J connectivity index is 3.33. The first-order valence-electron chi connectivity index (χ1n) is 3.74. The molecular weight excluding hydrogens is 166 g/mol. The number of aryl methyl sites for hydroxylation is 1. The van der Waals surface area contributed by atoms with E-state index < -0.39 is 0 Å². The third-order valence-electron chi connectivity index (χ3n) is 1.82. The van der Waals surface area contributed by atoms with Gasteiger partial charge in [-0.3, -0.25) is 0 Å². The summed E-state index contributed by atoms with van der Waals surface area (Å²) < 4.78 is 0. The molecule has 0 saturated carbocycles. The molecule has 0 fully saturated rings. The molecule has 1 aromatic rings. The van der Waals surface area contributed by atoms with Gasteiger partial charge in [-0.15, -0.1) is 0 Å². The maximum absolute atomic E-state index is 5.96. The van der Waals surface area contributed by atoms with Crippen LogP contribution in [0.1, 0.15) is 18.1 Å². The van der Waals surface area contributed by atoms with Crippen LogP contribution in [0.2, 0.25) is 5.02 Å². The zero-order valence-electron chi connectivity index (χ0n) is 7.32. The highest BCUT2D eigenvalue weighted by Crippen LogP contribution is 2.21. The molecule has 0 aromatic heterocycles. The predicted molar refractivity (Wildman–Crippen MR) is 56.3 cm³/mol. The Hall–Kier alpha value is -0.685. The van der Waals surface area contributed by atoms with Crippen LogP contribution in [0.15, 0.2) is 18.7 Å². The van der Waals surface area contributed by atoms with Crippen LogP contribution in [0.5, 0.6) is 0 Å². The van der Waals surface area contributed by atoms with Crippen molar-refractivity contribution in [3.63, 3.8) is 0 Å². The van der Waals surface area contributed by atoms with E-state index in [2.05, 4.69) is 6.58 Å². The van der Waals surface area contributed by atoms with Gasteiger partial charge < -0.3 is 0 Å². The van der Waals surface area contributed by atoms with E-state index >= 15 is 0 Å². The molecule has 60 valence electrons. The molecule has 2 radical (unpaired) electrons. The topological polar surface area (TPSA) is 0 Å². The predicted octanol–water partition coefficient (Wildman–Crippen LogP) is 2.48. The van der Waals surface area contributed by atoms with E-state index in [4.69, 9.17) is 19.4 Å². The molecule has 0 aliphatic carbocycles. The summed E-state index contributed by atoms with van der Waals surface area (Å²) in [5, 5.41) is 0.672. The zero-order chi connectivity index (χ0) is 9.30. The summed E-state index contributed by atoms with van der Waals surface area (Å²) in [5.41, 5.74) is 3.70. The van der Waals surface area contributed by atoms with Gasteiger partial charge in [0.1, 0.15) is 7.85 Å². The lowest BCUT2D eigenvalue weighted by Gasteiger charge is -2.07. The molecule has 0 atom stereocenters. The summed E-state index contributed by atoms with van der Waals surface area (Å²) >= 11 is 5.96. The monoisotopic (exact) mass is 176 g/mol. The van der Waals surface area contributed by atoms with Crippen LogP contribution < -0.4 is 5.46 Å². The van der Waals surface area contributed by atoms with Crippen molar-refractivity contribution in [3.05, 3.63) is 34.9 Å². The van der Waals surface area contributed by atoms with Crippen LogP contribution in [0.3, 0.4) is 0 Å². The highest BCUT2D eigenvalue weighted by atomic mass is 35.5. The summed E-state index contributed by atoms with van der Waals surface area (Å²) in [5.74, 6) is 0. The van der Waals surface area contributed by atoms with Gasteiger partial charge in [-0.1, -0.05) is 35.3 Å². The van der Waals surface area contributed by atoms with E-state index in [0.717, 1.165) is 22.2 Å². The summed E-state index contributed by atoms with van der Waals surface area (Å²) in [4.78, 5) is 0. The minimum Gasteiger partial charge on any atom is -0.0955 e. The van der Waals surface area contributed by atoms with Crippen molar-refractivity contribution in [2.24, 2.45) is 0 Å². The Morgan fingerprint density at radius 2 is 2.08 bits per heavy atom. The van der Waals surface area contributed by atoms with Gasteiger partial charge in [0.05, 0.1) is 0 Å². The van der Waals surface area contributed by atoms with Gasteiger partial charge in [-0.2, -0.15) is 0 Å². The normalized spacial score (nSPS) is 9.92. The second-order valence-corrected chi connectivity index (χ2v) is 3.38. The second-order valence-electron chi connectivity index (χ2n) is 2.97. The standard InChI is InChI=1S/C10H10BCl/c1-6(2)8-4-7(3)9(11)5-10(8)12/h4-5H,1H2,2-3H3. The first-order valence-corrected chi connectivity index (χ1v) is 4.11. The second kappa shape index (κ2) is 3.36. The van der Waals surface area contributed by atoms with Crippen LogP contribution in [-0.2, 0) is 0 Å². The van der Waals surface area contributed by atoms with Gasteiger partial charge in [0.25, 0.3) is 0 Å².